The molecule has 0 aliphatic carbocycles. The van der Waals surface area contributed by atoms with E-state index >= 15 is 0 Å². The van der Waals surface area contributed by atoms with Crippen LogP contribution in [0.3, 0.4) is 0 Å². The van der Waals surface area contributed by atoms with Crippen LogP contribution in [0.25, 0.3) is 0 Å². The summed E-state index contributed by atoms with van der Waals surface area (Å²) in [6, 6.07) is 0.569. The summed E-state index contributed by atoms with van der Waals surface area (Å²) >= 11 is 0. The van der Waals surface area contributed by atoms with Gasteiger partial charge in [-0.15, -0.1) is 0 Å². The highest BCUT2D eigenvalue weighted by atomic mass is 16.3. The second-order valence-electron chi connectivity index (χ2n) is 6.07. The van der Waals surface area contributed by atoms with Crippen LogP contribution in [-0.4, -0.2) is 48.8 Å². The minimum atomic E-state index is -0.0565. The van der Waals surface area contributed by atoms with Crippen molar-refractivity contribution in [1.29, 1.82) is 0 Å². The van der Waals surface area contributed by atoms with Crippen LogP contribution in [0, 0.1) is 5.41 Å². The molecular formula is C13H28N2O. The first kappa shape index (κ1) is 13.9. The van der Waals surface area contributed by atoms with Crippen LogP contribution in [0.2, 0.25) is 0 Å². The van der Waals surface area contributed by atoms with Crippen LogP contribution in [0.5, 0.6) is 0 Å². The third kappa shape index (κ3) is 4.40. The minimum Gasteiger partial charge on any atom is -0.393 e. The Labute approximate surface area is 100 Å². The summed E-state index contributed by atoms with van der Waals surface area (Å²) in [5.41, 5.74) is 0.323. The molecular weight excluding hydrogens is 200 g/mol. The lowest BCUT2D eigenvalue weighted by Gasteiger charge is -2.34. The first-order valence-corrected chi connectivity index (χ1v) is 6.51. The van der Waals surface area contributed by atoms with Gasteiger partial charge >= 0.3 is 0 Å². The first-order chi connectivity index (χ1) is 7.43. The molecule has 16 heavy (non-hydrogen) atoms. The van der Waals surface area contributed by atoms with Gasteiger partial charge in [-0.05, 0) is 38.3 Å². The zero-order chi connectivity index (χ0) is 12.2. The number of hydrogen-bond donors (Lipinski definition) is 2. The van der Waals surface area contributed by atoms with Crippen molar-refractivity contribution in [1.82, 2.24) is 10.2 Å². The number of hydrogen-bond acceptors (Lipinski definition) is 3. The standard InChI is InChI=1S/C13H28N2O/c1-13(2,3)12(14-4)7-10-15-8-5-11(16)6-9-15/h11-12,14,16H,5-10H2,1-4H3. The van der Waals surface area contributed by atoms with Crippen molar-refractivity contribution < 1.29 is 5.11 Å². The van der Waals surface area contributed by atoms with Crippen LogP contribution < -0.4 is 5.32 Å². The molecule has 0 aromatic carbocycles. The normalized spacial score (nSPS) is 22.3. The fourth-order valence-corrected chi connectivity index (χ4v) is 2.46. The highest BCUT2D eigenvalue weighted by Crippen LogP contribution is 2.22. The number of rotatable bonds is 4. The second-order valence-corrected chi connectivity index (χ2v) is 6.07. The van der Waals surface area contributed by atoms with Gasteiger partial charge in [0.1, 0.15) is 0 Å². The molecule has 0 aromatic rings. The molecule has 1 rings (SSSR count). The molecule has 2 N–H and O–H groups in total. The van der Waals surface area contributed by atoms with E-state index in [0.29, 0.717) is 11.5 Å². The summed E-state index contributed by atoms with van der Waals surface area (Å²) < 4.78 is 0. The summed E-state index contributed by atoms with van der Waals surface area (Å²) in [5.74, 6) is 0. The largest absolute Gasteiger partial charge is 0.393 e. The van der Waals surface area contributed by atoms with E-state index < -0.39 is 0 Å². The lowest BCUT2D eigenvalue weighted by atomic mass is 9.84. The van der Waals surface area contributed by atoms with Crippen molar-refractivity contribution in [3.8, 4) is 0 Å². The smallest absolute Gasteiger partial charge is 0.0564 e. The molecule has 1 heterocycles. The number of piperidine rings is 1. The number of nitrogens with zero attached hydrogens (tertiary/aromatic N) is 1. The zero-order valence-corrected chi connectivity index (χ0v) is 11.3. The Morgan fingerprint density at radius 1 is 1.31 bits per heavy atom. The molecule has 1 fully saturated rings. The highest BCUT2D eigenvalue weighted by Gasteiger charge is 2.24. The summed E-state index contributed by atoms with van der Waals surface area (Å²) in [5, 5.41) is 12.9. The van der Waals surface area contributed by atoms with Crippen molar-refractivity contribution in [2.24, 2.45) is 5.41 Å². The van der Waals surface area contributed by atoms with E-state index in [1.165, 1.54) is 6.42 Å². The van der Waals surface area contributed by atoms with Crippen molar-refractivity contribution in [2.75, 3.05) is 26.7 Å². The predicted octanol–water partition coefficient (Wildman–Crippen LogP) is 1.47. The first-order valence-electron chi connectivity index (χ1n) is 6.51. The summed E-state index contributed by atoms with van der Waals surface area (Å²) in [6.07, 6.45) is 3.02. The molecule has 0 aromatic heterocycles. The third-order valence-corrected chi connectivity index (χ3v) is 3.68. The molecule has 0 bridgehead atoms. The lowest BCUT2D eigenvalue weighted by Crippen LogP contribution is -2.43. The van der Waals surface area contributed by atoms with Crippen LogP contribution >= 0.6 is 0 Å². The van der Waals surface area contributed by atoms with Crippen LogP contribution in [0.15, 0.2) is 0 Å². The molecule has 0 saturated carbocycles. The summed E-state index contributed by atoms with van der Waals surface area (Å²) in [7, 11) is 2.05. The number of aliphatic hydroxyl groups is 1. The average Bonchev–Trinajstić information content (AvgIpc) is 2.19. The van der Waals surface area contributed by atoms with Gasteiger partial charge in [0, 0.05) is 19.1 Å². The number of aliphatic hydroxyl groups excluding tert-OH is 1. The Bertz CT molecular complexity index is 193. The molecule has 1 atom stereocenters. The summed E-state index contributed by atoms with van der Waals surface area (Å²) in [4.78, 5) is 2.48. The maximum Gasteiger partial charge on any atom is 0.0564 e. The molecule has 0 amide bonds. The molecule has 96 valence electrons. The van der Waals surface area contributed by atoms with E-state index in [-0.39, 0.29) is 6.10 Å². The number of nitrogens with one attached hydrogen (secondary N) is 1. The van der Waals surface area contributed by atoms with Gasteiger partial charge in [0.15, 0.2) is 0 Å². The molecule has 3 heteroatoms. The Morgan fingerprint density at radius 2 is 1.88 bits per heavy atom. The maximum atomic E-state index is 9.44. The highest BCUT2D eigenvalue weighted by molar-refractivity contribution is 4.81. The maximum absolute atomic E-state index is 9.44. The Balaban J connectivity index is 2.28. The van der Waals surface area contributed by atoms with E-state index in [1.807, 2.05) is 0 Å². The second kappa shape index (κ2) is 5.99. The molecule has 1 aliphatic rings. The molecule has 1 aliphatic heterocycles. The zero-order valence-electron chi connectivity index (χ0n) is 11.3. The van der Waals surface area contributed by atoms with Gasteiger partial charge in [-0.1, -0.05) is 20.8 Å². The SMILES string of the molecule is CNC(CCN1CCC(O)CC1)C(C)(C)C. The molecule has 0 spiro atoms. The third-order valence-electron chi connectivity index (χ3n) is 3.68. The lowest BCUT2D eigenvalue weighted by molar-refractivity contribution is 0.0780. The molecule has 3 nitrogen and oxygen atoms in total. The summed E-state index contributed by atoms with van der Waals surface area (Å²) in [6.45, 7) is 10.1. The van der Waals surface area contributed by atoms with E-state index in [2.05, 4.69) is 38.0 Å². The topological polar surface area (TPSA) is 35.5 Å². The van der Waals surface area contributed by atoms with Crippen LogP contribution in [0.4, 0.5) is 0 Å². The minimum absolute atomic E-state index is 0.0565. The molecule has 0 radical (unpaired) electrons. The average molecular weight is 228 g/mol. The monoisotopic (exact) mass is 228 g/mol. The Hall–Kier alpha value is -0.120. The van der Waals surface area contributed by atoms with Crippen molar-refractivity contribution in [3.63, 3.8) is 0 Å². The predicted molar refractivity (Wildman–Crippen MR) is 68.6 cm³/mol. The van der Waals surface area contributed by atoms with E-state index in [9.17, 15) is 5.11 Å². The van der Waals surface area contributed by atoms with Crippen LogP contribution in [-0.2, 0) is 0 Å². The van der Waals surface area contributed by atoms with Crippen molar-refractivity contribution >= 4 is 0 Å². The van der Waals surface area contributed by atoms with Crippen molar-refractivity contribution in [2.45, 2.75) is 52.2 Å². The van der Waals surface area contributed by atoms with Gasteiger partial charge in [0.25, 0.3) is 0 Å². The molecule has 1 saturated heterocycles. The van der Waals surface area contributed by atoms with Gasteiger partial charge < -0.3 is 15.3 Å². The van der Waals surface area contributed by atoms with Gasteiger partial charge in [0.2, 0.25) is 0 Å². The Kier molecular flexibility index (Phi) is 5.22. The number of likely N-dealkylation sites (tertiary alicyclic amines) is 1. The fraction of sp³-hybridized carbons (Fsp3) is 1.00. The van der Waals surface area contributed by atoms with E-state index in [1.54, 1.807) is 0 Å². The van der Waals surface area contributed by atoms with E-state index in [4.69, 9.17) is 0 Å². The van der Waals surface area contributed by atoms with Gasteiger partial charge in [-0.25, -0.2) is 0 Å². The quantitative estimate of drug-likeness (QED) is 0.765. The van der Waals surface area contributed by atoms with Crippen molar-refractivity contribution in [3.05, 3.63) is 0 Å². The Morgan fingerprint density at radius 3 is 2.31 bits per heavy atom. The van der Waals surface area contributed by atoms with Gasteiger partial charge in [-0.2, -0.15) is 0 Å². The fourth-order valence-electron chi connectivity index (χ4n) is 2.46. The van der Waals surface area contributed by atoms with E-state index in [0.717, 1.165) is 32.5 Å². The van der Waals surface area contributed by atoms with Crippen LogP contribution in [0.1, 0.15) is 40.0 Å². The van der Waals surface area contributed by atoms with Gasteiger partial charge in [0.05, 0.1) is 6.10 Å². The molecule has 1 unspecified atom stereocenters. The van der Waals surface area contributed by atoms with Gasteiger partial charge in [-0.3, -0.25) is 0 Å².